The molecular formula is C17H17NO5. The van der Waals surface area contributed by atoms with Gasteiger partial charge in [-0.05, 0) is 19.1 Å². The maximum atomic E-state index is 13.0. The molecule has 2 bridgehead atoms. The van der Waals surface area contributed by atoms with Gasteiger partial charge < -0.3 is 14.6 Å². The number of nitrogens with zero attached hydrogens (tertiary/aromatic N) is 1. The first-order valence-corrected chi connectivity index (χ1v) is 7.50. The molecule has 4 rings (SSSR count). The lowest BCUT2D eigenvalue weighted by Crippen LogP contribution is -2.43. The van der Waals surface area contributed by atoms with Gasteiger partial charge in [-0.2, -0.15) is 0 Å². The largest absolute Gasteiger partial charge is 0.495 e. The third kappa shape index (κ3) is 1.59. The molecule has 0 aliphatic carbocycles. The highest BCUT2D eigenvalue weighted by Crippen LogP contribution is 2.57. The number of rotatable bonds is 3. The molecule has 3 heterocycles. The van der Waals surface area contributed by atoms with Crippen molar-refractivity contribution in [1.29, 1.82) is 0 Å². The Morgan fingerprint density at radius 2 is 1.91 bits per heavy atom. The van der Waals surface area contributed by atoms with Crippen LogP contribution in [-0.2, 0) is 14.3 Å². The molecule has 2 amide bonds. The second-order valence-electron chi connectivity index (χ2n) is 6.37. The van der Waals surface area contributed by atoms with E-state index < -0.39 is 23.0 Å². The van der Waals surface area contributed by atoms with Crippen LogP contribution >= 0.6 is 0 Å². The molecule has 4 atom stereocenters. The van der Waals surface area contributed by atoms with Gasteiger partial charge in [0, 0.05) is 0 Å². The van der Waals surface area contributed by atoms with E-state index in [1.165, 1.54) is 12.0 Å². The van der Waals surface area contributed by atoms with Crippen LogP contribution in [0, 0.1) is 11.8 Å². The van der Waals surface area contributed by atoms with Gasteiger partial charge in [-0.25, -0.2) is 4.90 Å². The first-order chi connectivity index (χ1) is 11.0. The third-order valence-corrected chi connectivity index (χ3v) is 5.13. The first kappa shape index (κ1) is 14.4. The number of benzene rings is 1. The Kier molecular flexibility index (Phi) is 2.77. The summed E-state index contributed by atoms with van der Waals surface area (Å²) in [6.45, 7) is 1.45. The van der Waals surface area contributed by atoms with Gasteiger partial charge in [0.15, 0.2) is 0 Å². The number of aliphatic hydroxyl groups is 1. The van der Waals surface area contributed by atoms with E-state index in [1.807, 2.05) is 0 Å². The van der Waals surface area contributed by atoms with Crippen molar-refractivity contribution in [3.63, 3.8) is 0 Å². The molecule has 6 heteroatoms. The van der Waals surface area contributed by atoms with E-state index >= 15 is 0 Å². The number of carbonyl (C=O) groups is 2. The van der Waals surface area contributed by atoms with E-state index in [2.05, 4.69) is 0 Å². The van der Waals surface area contributed by atoms with Crippen LogP contribution in [0.1, 0.15) is 6.92 Å². The molecule has 0 unspecified atom stereocenters. The van der Waals surface area contributed by atoms with Crippen LogP contribution in [0.5, 0.6) is 5.75 Å². The minimum atomic E-state index is -1.11. The van der Waals surface area contributed by atoms with Gasteiger partial charge in [0.05, 0.1) is 36.8 Å². The topological polar surface area (TPSA) is 76.1 Å². The fraction of sp³-hybridized carbons (Fsp3) is 0.412. The zero-order valence-corrected chi connectivity index (χ0v) is 12.9. The molecule has 1 aromatic carbocycles. The van der Waals surface area contributed by atoms with Gasteiger partial charge in [0.2, 0.25) is 11.8 Å². The number of hydrogen-bond donors (Lipinski definition) is 1. The fourth-order valence-corrected chi connectivity index (χ4v) is 4.09. The van der Waals surface area contributed by atoms with Crippen LogP contribution < -0.4 is 9.64 Å². The molecule has 120 valence electrons. The summed E-state index contributed by atoms with van der Waals surface area (Å²) in [5.74, 6) is -1.55. The quantitative estimate of drug-likeness (QED) is 0.662. The summed E-state index contributed by atoms with van der Waals surface area (Å²) in [5, 5.41) is 9.78. The van der Waals surface area contributed by atoms with Crippen LogP contribution in [0.4, 0.5) is 5.69 Å². The van der Waals surface area contributed by atoms with Crippen molar-refractivity contribution in [1.82, 2.24) is 0 Å². The lowest BCUT2D eigenvalue weighted by atomic mass is 9.73. The SMILES string of the molecule is COc1ccccc1N1C(=O)[C@@H]2[C@H](C1=O)[C@@]1(CO)C=C[C@@]2(C)O1. The Balaban J connectivity index is 1.83. The fourth-order valence-electron chi connectivity index (χ4n) is 4.09. The number of amides is 2. The van der Waals surface area contributed by atoms with E-state index in [4.69, 9.17) is 9.47 Å². The van der Waals surface area contributed by atoms with Crippen LogP contribution in [0.25, 0.3) is 0 Å². The van der Waals surface area contributed by atoms with Crippen molar-refractivity contribution >= 4 is 17.5 Å². The van der Waals surface area contributed by atoms with Crippen LogP contribution in [-0.4, -0.2) is 41.8 Å². The summed E-state index contributed by atoms with van der Waals surface area (Å²) in [4.78, 5) is 27.1. The Labute approximate surface area is 133 Å². The predicted octanol–water partition coefficient (Wildman–Crippen LogP) is 0.891. The number of anilines is 1. The molecule has 2 saturated heterocycles. The van der Waals surface area contributed by atoms with E-state index in [-0.39, 0.29) is 18.4 Å². The van der Waals surface area contributed by atoms with Gasteiger partial charge in [0.25, 0.3) is 0 Å². The lowest BCUT2D eigenvalue weighted by Gasteiger charge is -2.27. The standard InChI is InChI=1S/C17H17NO5/c1-16-7-8-17(9-19,23-16)13-12(16)14(20)18(15(13)21)10-5-3-4-6-11(10)22-2/h3-8,12-13,19H,9H2,1-2H3/t12-,13+,16+,17-/m0/s1. The van der Waals surface area contributed by atoms with Crippen molar-refractivity contribution in [2.24, 2.45) is 11.8 Å². The lowest BCUT2D eigenvalue weighted by molar-refractivity contribution is -0.131. The first-order valence-electron chi connectivity index (χ1n) is 7.50. The van der Waals surface area contributed by atoms with Crippen molar-refractivity contribution < 1.29 is 24.2 Å². The zero-order valence-electron chi connectivity index (χ0n) is 12.9. The summed E-state index contributed by atoms with van der Waals surface area (Å²) < 4.78 is 11.2. The molecule has 6 nitrogen and oxygen atoms in total. The van der Waals surface area contributed by atoms with Gasteiger partial charge in [-0.1, -0.05) is 24.3 Å². The number of para-hydroxylation sites is 2. The van der Waals surface area contributed by atoms with Crippen LogP contribution in [0.15, 0.2) is 36.4 Å². The van der Waals surface area contributed by atoms with Crippen LogP contribution in [0.2, 0.25) is 0 Å². The maximum Gasteiger partial charge on any atom is 0.241 e. The number of hydrogen-bond acceptors (Lipinski definition) is 5. The molecule has 0 radical (unpaired) electrons. The number of methoxy groups -OCH3 is 1. The number of aliphatic hydroxyl groups excluding tert-OH is 1. The summed E-state index contributed by atoms with van der Waals surface area (Å²) in [7, 11) is 1.50. The number of imide groups is 1. The molecule has 1 aromatic rings. The van der Waals surface area contributed by atoms with Gasteiger partial charge >= 0.3 is 0 Å². The van der Waals surface area contributed by atoms with Gasteiger partial charge in [0.1, 0.15) is 11.4 Å². The predicted molar refractivity (Wildman–Crippen MR) is 80.9 cm³/mol. The molecular weight excluding hydrogens is 298 g/mol. The average Bonchev–Trinajstić information content (AvgIpc) is 3.13. The Hall–Kier alpha value is -2.18. The Morgan fingerprint density at radius 1 is 1.22 bits per heavy atom. The third-order valence-electron chi connectivity index (χ3n) is 5.13. The summed E-state index contributed by atoms with van der Waals surface area (Å²) in [6, 6.07) is 6.91. The molecule has 0 saturated carbocycles. The normalized spacial score (nSPS) is 37.6. The van der Waals surface area contributed by atoms with Gasteiger partial charge in [-0.3, -0.25) is 9.59 Å². The second-order valence-corrected chi connectivity index (χ2v) is 6.37. The van der Waals surface area contributed by atoms with Crippen LogP contribution in [0.3, 0.4) is 0 Å². The summed E-state index contributed by atoms with van der Waals surface area (Å²) >= 11 is 0. The maximum absolute atomic E-state index is 13.0. The monoisotopic (exact) mass is 315 g/mol. The van der Waals surface area contributed by atoms with E-state index in [9.17, 15) is 14.7 Å². The van der Waals surface area contributed by atoms with Crippen molar-refractivity contribution in [3.05, 3.63) is 36.4 Å². The summed E-state index contributed by atoms with van der Waals surface area (Å²) in [6.07, 6.45) is 3.49. The average molecular weight is 315 g/mol. The highest BCUT2D eigenvalue weighted by Gasteiger charge is 2.72. The number of carbonyl (C=O) groups excluding carboxylic acids is 2. The molecule has 3 aliphatic heterocycles. The minimum Gasteiger partial charge on any atom is -0.495 e. The smallest absolute Gasteiger partial charge is 0.241 e. The Morgan fingerprint density at radius 3 is 2.61 bits per heavy atom. The van der Waals surface area contributed by atoms with Gasteiger partial charge in [-0.15, -0.1) is 0 Å². The molecule has 0 aromatic heterocycles. The molecule has 0 spiro atoms. The van der Waals surface area contributed by atoms with Crippen molar-refractivity contribution in [2.75, 3.05) is 18.6 Å². The van der Waals surface area contributed by atoms with E-state index in [1.54, 1.807) is 43.3 Å². The highest BCUT2D eigenvalue weighted by atomic mass is 16.5. The number of ether oxygens (including phenoxy) is 2. The molecule has 2 fully saturated rings. The van der Waals surface area contributed by atoms with E-state index in [0.717, 1.165) is 0 Å². The zero-order chi connectivity index (χ0) is 16.4. The highest BCUT2D eigenvalue weighted by molar-refractivity contribution is 6.24. The summed E-state index contributed by atoms with van der Waals surface area (Å²) in [5.41, 5.74) is -1.55. The van der Waals surface area contributed by atoms with E-state index in [0.29, 0.717) is 11.4 Å². The molecule has 1 N–H and O–H groups in total. The second kappa shape index (κ2) is 4.43. The van der Waals surface area contributed by atoms with Crippen molar-refractivity contribution in [2.45, 2.75) is 18.1 Å². The minimum absolute atomic E-state index is 0.313. The molecule has 3 aliphatic rings. The number of fused-ring (bicyclic) bond motifs is 5. The van der Waals surface area contributed by atoms with Crippen molar-refractivity contribution in [3.8, 4) is 5.75 Å². The molecule has 23 heavy (non-hydrogen) atoms. The Bertz CT molecular complexity index is 744.